The molecule has 1 unspecified atom stereocenters. The van der Waals surface area contributed by atoms with E-state index in [1.165, 1.54) is 5.56 Å². The minimum atomic E-state index is 0.449. The van der Waals surface area contributed by atoms with E-state index >= 15 is 0 Å². The lowest BCUT2D eigenvalue weighted by atomic mass is 9.87. The lowest BCUT2D eigenvalue weighted by molar-refractivity contribution is 0.0546. The van der Waals surface area contributed by atoms with Gasteiger partial charge >= 0.3 is 0 Å². The van der Waals surface area contributed by atoms with Gasteiger partial charge in [0.05, 0.1) is 0 Å². The SMILES string of the molecule is CNc1ccc(C(NC)C2CCOCC2)cc1. The highest BCUT2D eigenvalue weighted by Crippen LogP contribution is 2.30. The van der Waals surface area contributed by atoms with Crippen LogP contribution < -0.4 is 10.6 Å². The molecular formula is C14H22N2O. The molecule has 3 heteroatoms. The molecule has 1 aliphatic heterocycles. The van der Waals surface area contributed by atoms with Gasteiger partial charge in [-0.15, -0.1) is 0 Å². The zero-order valence-corrected chi connectivity index (χ0v) is 10.7. The Labute approximate surface area is 104 Å². The fraction of sp³-hybridized carbons (Fsp3) is 0.571. The second-order valence-corrected chi connectivity index (χ2v) is 4.59. The van der Waals surface area contributed by atoms with Gasteiger partial charge in [-0.1, -0.05) is 12.1 Å². The topological polar surface area (TPSA) is 33.3 Å². The molecule has 1 aliphatic rings. The van der Waals surface area contributed by atoms with Gasteiger partial charge in [0.15, 0.2) is 0 Å². The molecule has 1 aromatic carbocycles. The maximum Gasteiger partial charge on any atom is 0.0469 e. The molecule has 0 aromatic heterocycles. The first-order chi connectivity index (χ1) is 8.35. The van der Waals surface area contributed by atoms with Crippen molar-refractivity contribution in [2.45, 2.75) is 18.9 Å². The fourth-order valence-electron chi connectivity index (χ4n) is 2.58. The molecular weight excluding hydrogens is 212 g/mol. The molecule has 1 aromatic rings. The van der Waals surface area contributed by atoms with Crippen LogP contribution >= 0.6 is 0 Å². The Kier molecular flexibility index (Phi) is 4.40. The van der Waals surface area contributed by atoms with Crippen molar-refractivity contribution in [2.24, 2.45) is 5.92 Å². The normalized spacial score (nSPS) is 18.9. The van der Waals surface area contributed by atoms with Gasteiger partial charge in [-0.2, -0.15) is 0 Å². The molecule has 2 N–H and O–H groups in total. The van der Waals surface area contributed by atoms with Crippen molar-refractivity contribution in [3.05, 3.63) is 29.8 Å². The third-order valence-electron chi connectivity index (χ3n) is 3.61. The van der Waals surface area contributed by atoms with Gasteiger partial charge in [0.25, 0.3) is 0 Å². The number of rotatable bonds is 4. The van der Waals surface area contributed by atoms with Crippen LogP contribution in [0.3, 0.4) is 0 Å². The summed E-state index contributed by atoms with van der Waals surface area (Å²) in [5.41, 5.74) is 2.54. The van der Waals surface area contributed by atoms with E-state index in [0.29, 0.717) is 12.0 Å². The molecule has 0 saturated carbocycles. The molecule has 2 rings (SSSR count). The van der Waals surface area contributed by atoms with Crippen LogP contribution in [0.1, 0.15) is 24.4 Å². The van der Waals surface area contributed by atoms with Crippen molar-refractivity contribution in [3.63, 3.8) is 0 Å². The van der Waals surface area contributed by atoms with Gasteiger partial charge in [-0.3, -0.25) is 0 Å². The average Bonchev–Trinajstić information content (AvgIpc) is 2.42. The first-order valence-corrected chi connectivity index (χ1v) is 6.38. The molecule has 0 aliphatic carbocycles. The summed E-state index contributed by atoms with van der Waals surface area (Å²) >= 11 is 0. The maximum absolute atomic E-state index is 5.43. The standard InChI is InChI=1S/C14H22N2O/c1-15-13-5-3-11(4-6-13)14(16-2)12-7-9-17-10-8-12/h3-6,12,14-16H,7-10H2,1-2H3. The predicted octanol–water partition coefficient (Wildman–Crippen LogP) is 2.42. The molecule has 0 radical (unpaired) electrons. The molecule has 1 fully saturated rings. The minimum Gasteiger partial charge on any atom is -0.388 e. The molecule has 17 heavy (non-hydrogen) atoms. The average molecular weight is 234 g/mol. The van der Waals surface area contributed by atoms with Crippen LogP contribution in [0, 0.1) is 5.92 Å². The van der Waals surface area contributed by atoms with E-state index in [2.05, 4.69) is 34.9 Å². The largest absolute Gasteiger partial charge is 0.388 e. The Morgan fingerprint density at radius 3 is 2.29 bits per heavy atom. The second kappa shape index (κ2) is 6.03. The molecule has 0 bridgehead atoms. The Balaban J connectivity index is 2.10. The van der Waals surface area contributed by atoms with Crippen LogP contribution in [0.4, 0.5) is 5.69 Å². The minimum absolute atomic E-state index is 0.449. The lowest BCUT2D eigenvalue weighted by Gasteiger charge is -2.30. The van der Waals surface area contributed by atoms with Gasteiger partial charge in [0.1, 0.15) is 0 Å². The Morgan fingerprint density at radius 2 is 1.76 bits per heavy atom. The highest BCUT2D eigenvalue weighted by molar-refractivity contribution is 5.44. The predicted molar refractivity (Wildman–Crippen MR) is 71.3 cm³/mol. The molecule has 0 amide bonds. The Hall–Kier alpha value is -1.06. The lowest BCUT2D eigenvalue weighted by Crippen LogP contribution is -2.29. The monoisotopic (exact) mass is 234 g/mol. The number of ether oxygens (including phenoxy) is 1. The van der Waals surface area contributed by atoms with Crippen LogP contribution in [-0.2, 0) is 4.74 Å². The Morgan fingerprint density at radius 1 is 1.12 bits per heavy atom. The van der Waals surface area contributed by atoms with Gasteiger partial charge in [-0.25, -0.2) is 0 Å². The molecule has 1 atom stereocenters. The number of anilines is 1. The zero-order chi connectivity index (χ0) is 12.1. The molecule has 0 spiro atoms. The summed E-state index contributed by atoms with van der Waals surface area (Å²) in [5.74, 6) is 0.689. The summed E-state index contributed by atoms with van der Waals surface area (Å²) in [6.07, 6.45) is 2.30. The zero-order valence-electron chi connectivity index (χ0n) is 10.7. The van der Waals surface area contributed by atoms with E-state index < -0.39 is 0 Å². The highest BCUT2D eigenvalue weighted by atomic mass is 16.5. The molecule has 94 valence electrons. The number of hydrogen-bond acceptors (Lipinski definition) is 3. The van der Waals surface area contributed by atoms with E-state index in [4.69, 9.17) is 4.74 Å². The van der Waals surface area contributed by atoms with Crippen molar-refractivity contribution >= 4 is 5.69 Å². The van der Waals surface area contributed by atoms with Crippen LogP contribution in [0.25, 0.3) is 0 Å². The van der Waals surface area contributed by atoms with Crippen molar-refractivity contribution in [1.82, 2.24) is 5.32 Å². The first-order valence-electron chi connectivity index (χ1n) is 6.38. The summed E-state index contributed by atoms with van der Waals surface area (Å²) in [5, 5.41) is 6.60. The van der Waals surface area contributed by atoms with Gasteiger partial charge in [0.2, 0.25) is 0 Å². The third-order valence-corrected chi connectivity index (χ3v) is 3.61. The summed E-state index contributed by atoms with van der Waals surface area (Å²) < 4.78 is 5.43. The highest BCUT2D eigenvalue weighted by Gasteiger charge is 2.23. The van der Waals surface area contributed by atoms with Crippen LogP contribution in [0.5, 0.6) is 0 Å². The first kappa shape index (κ1) is 12.4. The third kappa shape index (κ3) is 2.99. The summed E-state index contributed by atoms with van der Waals surface area (Å²) in [6, 6.07) is 9.15. The van der Waals surface area contributed by atoms with Gasteiger partial charge in [0, 0.05) is 32.0 Å². The van der Waals surface area contributed by atoms with E-state index in [1.54, 1.807) is 0 Å². The van der Waals surface area contributed by atoms with Crippen molar-refractivity contribution in [3.8, 4) is 0 Å². The summed E-state index contributed by atoms with van der Waals surface area (Å²) in [6.45, 7) is 1.80. The van der Waals surface area contributed by atoms with Crippen LogP contribution in [-0.4, -0.2) is 27.3 Å². The number of nitrogens with one attached hydrogen (secondary N) is 2. The Bertz CT molecular complexity index is 331. The van der Waals surface area contributed by atoms with Gasteiger partial charge in [-0.05, 0) is 43.5 Å². The van der Waals surface area contributed by atoms with E-state index in [1.807, 2.05) is 14.1 Å². The number of benzene rings is 1. The van der Waals surface area contributed by atoms with Gasteiger partial charge < -0.3 is 15.4 Å². The summed E-state index contributed by atoms with van der Waals surface area (Å²) in [7, 11) is 4.00. The van der Waals surface area contributed by atoms with Crippen molar-refractivity contribution in [1.29, 1.82) is 0 Å². The van der Waals surface area contributed by atoms with Crippen molar-refractivity contribution in [2.75, 3.05) is 32.6 Å². The van der Waals surface area contributed by atoms with E-state index in [0.717, 1.165) is 31.7 Å². The van der Waals surface area contributed by atoms with E-state index in [-0.39, 0.29) is 0 Å². The fourth-order valence-corrected chi connectivity index (χ4v) is 2.58. The number of hydrogen-bond donors (Lipinski definition) is 2. The molecule has 1 heterocycles. The summed E-state index contributed by atoms with van der Waals surface area (Å²) in [4.78, 5) is 0. The van der Waals surface area contributed by atoms with Crippen LogP contribution in [0.2, 0.25) is 0 Å². The van der Waals surface area contributed by atoms with E-state index in [9.17, 15) is 0 Å². The molecule has 3 nitrogen and oxygen atoms in total. The smallest absolute Gasteiger partial charge is 0.0469 e. The van der Waals surface area contributed by atoms with Crippen molar-refractivity contribution < 1.29 is 4.74 Å². The van der Waals surface area contributed by atoms with Crippen LogP contribution in [0.15, 0.2) is 24.3 Å². The molecule has 1 saturated heterocycles. The quantitative estimate of drug-likeness (QED) is 0.839. The second-order valence-electron chi connectivity index (χ2n) is 4.59. The maximum atomic E-state index is 5.43.